The minimum atomic E-state index is 0.833. The number of hydrogen-bond donors (Lipinski definition) is 0. The topological polar surface area (TPSA) is 25.4 Å². The number of ether oxygens (including phenoxy) is 1. The largest absolute Gasteiger partial charge is 0.379 e. The molecule has 3 nitrogen and oxygen atoms in total. The van der Waals surface area contributed by atoms with E-state index in [9.17, 15) is 0 Å². The zero-order chi connectivity index (χ0) is 13.6. The van der Waals surface area contributed by atoms with E-state index in [2.05, 4.69) is 21.7 Å². The van der Waals surface area contributed by atoms with Crippen molar-refractivity contribution in [3.8, 4) is 11.8 Å². The molecule has 0 radical (unpaired) electrons. The van der Waals surface area contributed by atoms with E-state index in [0.29, 0.717) is 0 Å². The highest BCUT2D eigenvalue weighted by Crippen LogP contribution is 2.15. The standard InChI is InChI=1S/C16H16N2OS/c1-2-4-14(5-3-1)6-7-16-17-12-15(20-16)13-18-8-10-19-11-9-18/h1-5,12H,8-11,13H2. The first-order valence-corrected chi connectivity index (χ1v) is 7.54. The summed E-state index contributed by atoms with van der Waals surface area (Å²) in [6.07, 6.45) is 1.94. The first-order valence-electron chi connectivity index (χ1n) is 6.72. The fourth-order valence-electron chi connectivity index (χ4n) is 2.07. The molecule has 2 heterocycles. The Labute approximate surface area is 123 Å². The Morgan fingerprint density at radius 2 is 1.95 bits per heavy atom. The predicted molar refractivity (Wildman–Crippen MR) is 80.6 cm³/mol. The second-order valence-electron chi connectivity index (χ2n) is 4.64. The van der Waals surface area contributed by atoms with Crippen molar-refractivity contribution in [2.24, 2.45) is 0 Å². The summed E-state index contributed by atoms with van der Waals surface area (Å²) >= 11 is 1.68. The van der Waals surface area contributed by atoms with Gasteiger partial charge in [0.1, 0.15) is 0 Å². The van der Waals surface area contributed by atoms with Crippen molar-refractivity contribution >= 4 is 11.3 Å². The van der Waals surface area contributed by atoms with Gasteiger partial charge >= 0.3 is 0 Å². The molecule has 1 aromatic heterocycles. The zero-order valence-corrected chi connectivity index (χ0v) is 12.0. The van der Waals surface area contributed by atoms with E-state index in [1.165, 1.54) is 4.88 Å². The molecular weight excluding hydrogens is 268 g/mol. The van der Waals surface area contributed by atoms with Gasteiger partial charge in [-0.05, 0) is 18.1 Å². The molecule has 0 spiro atoms. The van der Waals surface area contributed by atoms with Crippen molar-refractivity contribution in [2.45, 2.75) is 6.54 Å². The third-order valence-electron chi connectivity index (χ3n) is 3.12. The molecule has 0 saturated carbocycles. The molecule has 1 aliphatic heterocycles. The van der Waals surface area contributed by atoms with Gasteiger partial charge in [-0.2, -0.15) is 0 Å². The highest BCUT2D eigenvalue weighted by molar-refractivity contribution is 7.12. The Kier molecular flexibility index (Phi) is 4.44. The second-order valence-corrected chi connectivity index (χ2v) is 5.75. The molecule has 0 N–H and O–H groups in total. The lowest BCUT2D eigenvalue weighted by Crippen LogP contribution is -2.35. The fraction of sp³-hybridized carbons (Fsp3) is 0.312. The number of aromatic nitrogens is 1. The average molecular weight is 284 g/mol. The Bertz CT molecular complexity index is 606. The molecule has 0 unspecified atom stereocenters. The molecule has 20 heavy (non-hydrogen) atoms. The number of thiazole rings is 1. The van der Waals surface area contributed by atoms with Crippen LogP contribution >= 0.6 is 11.3 Å². The van der Waals surface area contributed by atoms with Gasteiger partial charge in [-0.15, -0.1) is 11.3 Å². The lowest BCUT2D eigenvalue weighted by Gasteiger charge is -2.25. The van der Waals surface area contributed by atoms with Crippen LogP contribution in [0.1, 0.15) is 15.4 Å². The van der Waals surface area contributed by atoms with Gasteiger partial charge in [-0.25, -0.2) is 4.98 Å². The van der Waals surface area contributed by atoms with Gasteiger partial charge in [0.2, 0.25) is 0 Å². The van der Waals surface area contributed by atoms with Gasteiger partial charge < -0.3 is 4.74 Å². The molecule has 0 bridgehead atoms. The van der Waals surface area contributed by atoms with Crippen LogP contribution in [-0.2, 0) is 11.3 Å². The van der Waals surface area contributed by atoms with Crippen LogP contribution in [0, 0.1) is 11.8 Å². The second kappa shape index (κ2) is 6.67. The number of nitrogens with zero attached hydrogens (tertiary/aromatic N) is 2. The van der Waals surface area contributed by atoms with Crippen molar-refractivity contribution in [3.05, 3.63) is 52.0 Å². The Morgan fingerprint density at radius 3 is 2.75 bits per heavy atom. The predicted octanol–water partition coefficient (Wildman–Crippen LogP) is 2.38. The number of benzene rings is 1. The third-order valence-corrected chi connectivity index (χ3v) is 4.02. The summed E-state index contributed by atoms with van der Waals surface area (Å²) in [5.74, 6) is 6.27. The van der Waals surface area contributed by atoms with E-state index in [4.69, 9.17) is 4.74 Å². The van der Waals surface area contributed by atoms with Crippen molar-refractivity contribution in [3.63, 3.8) is 0 Å². The maximum Gasteiger partial charge on any atom is 0.167 e. The number of hydrogen-bond acceptors (Lipinski definition) is 4. The quantitative estimate of drug-likeness (QED) is 0.792. The first kappa shape index (κ1) is 13.3. The third kappa shape index (κ3) is 3.67. The van der Waals surface area contributed by atoms with E-state index >= 15 is 0 Å². The van der Waals surface area contributed by atoms with E-state index < -0.39 is 0 Å². The molecule has 0 aliphatic carbocycles. The van der Waals surface area contributed by atoms with Crippen molar-refractivity contribution in [1.29, 1.82) is 0 Å². The number of morpholine rings is 1. The van der Waals surface area contributed by atoms with Crippen molar-refractivity contribution in [2.75, 3.05) is 26.3 Å². The minimum absolute atomic E-state index is 0.833. The smallest absolute Gasteiger partial charge is 0.167 e. The minimum Gasteiger partial charge on any atom is -0.379 e. The summed E-state index contributed by atoms with van der Waals surface area (Å²) in [6.45, 7) is 4.62. The van der Waals surface area contributed by atoms with Crippen LogP contribution in [0.3, 0.4) is 0 Å². The lowest BCUT2D eigenvalue weighted by atomic mass is 10.2. The molecular formula is C16H16N2OS. The van der Waals surface area contributed by atoms with Crippen LogP contribution in [-0.4, -0.2) is 36.2 Å². The molecule has 2 aromatic rings. The molecule has 0 amide bonds. The highest BCUT2D eigenvalue weighted by atomic mass is 32.1. The number of rotatable bonds is 2. The van der Waals surface area contributed by atoms with Gasteiger partial charge in [-0.1, -0.05) is 24.1 Å². The molecule has 102 valence electrons. The summed E-state index contributed by atoms with van der Waals surface area (Å²) < 4.78 is 5.35. The normalized spacial score (nSPS) is 15.6. The monoisotopic (exact) mass is 284 g/mol. The molecule has 0 atom stereocenters. The van der Waals surface area contributed by atoms with E-state index in [-0.39, 0.29) is 0 Å². The molecule has 4 heteroatoms. The van der Waals surface area contributed by atoms with E-state index in [1.807, 2.05) is 36.5 Å². The van der Waals surface area contributed by atoms with E-state index in [1.54, 1.807) is 11.3 Å². The van der Waals surface area contributed by atoms with Crippen LogP contribution in [0.2, 0.25) is 0 Å². The molecule has 1 aliphatic rings. The van der Waals surface area contributed by atoms with Crippen LogP contribution in [0.5, 0.6) is 0 Å². The Balaban J connectivity index is 1.63. The molecule has 3 rings (SSSR count). The molecule has 1 aromatic carbocycles. The van der Waals surface area contributed by atoms with Crippen molar-refractivity contribution in [1.82, 2.24) is 9.88 Å². The van der Waals surface area contributed by atoms with Gasteiger partial charge in [0.05, 0.1) is 13.2 Å². The summed E-state index contributed by atoms with van der Waals surface area (Å²) in [7, 11) is 0. The van der Waals surface area contributed by atoms with Gasteiger partial charge in [0.25, 0.3) is 0 Å². The SMILES string of the molecule is C(#Cc1ncc(CN2CCOCC2)s1)c1ccccc1. The van der Waals surface area contributed by atoms with Crippen LogP contribution in [0.4, 0.5) is 0 Å². The van der Waals surface area contributed by atoms with Crippen LogP contribution < -0.4 is 0 Å². The summed E-state index contributed by atoms with van der Waals surface area (Å²) in [5, 5.41) is 0.886. The molecule has 1 fully saturated rings. The highest BCUT2D eigenvalue weighted by Gasteiger charge is 2.11. The van der Waals surface area contributed by atoms with Crippen LogP contribution in [0.15, 0.2) is 36.5 Å². The Morgan fingerprint density at radius 1 is 1.15 bits per heavy atom. The van der Waals surface area contributed by atoms with Gasteiger partial charge in [0, 0.05) is 36.3 Å². The summed E-state index contributed by atoms with van der Waals surface area (Å²) in [4.78, 5) is 8.05. The van der Waals surface area contributed by atoms with Gasteiger partial charge in [0.15, 0.2) is 5.01 Å². The van der Waals surface area contributed by atoms with E-state index in [0.717, 1.165) is 43.4 Å². The Hall–Kier alpha value is -1.67. The molecule has 1 saturated heterocycles. The first-order chi connectivity index (χ1) is 9.90. The van der Waals surface area contributed by atoms with Crippen molar-refractivity contribution < 1.29 is 4.74 Å². The average Bonchev–Trinajstić information content (AvgIpc) is 2.95. The summed E-state index contributed by atoms with van der Waals surface area (Å²) in [5.41, 5.74) is 1.03. The van der Waals surface area contributed by atoms with Gasteiger partial charge in [-0.3, -0.25) is 4.90 Å². The fourth-order valence-corrected chi connectivity index (χ4v) is 2.87. The zero-order valence-electron chi connectivity index (χ0n) is 11.2. The van der Waals surface area contributed by atoms with Crippen LogP contribution in [0.25, 0.3) is 0 Å². The summed E-state index contributed by atoms with van der Waals surface area (Å²) in [6, 6.07) is 10.0. The maximum atomic E-state index is 5.35. The maximum absolute atomic E-state index is 5.35. The lowest BCUT2D eigenvalue weighted by molar-refractivity contribution is 0.0346.